The molecule has 0 aliphatic carbocycles. The van der Waals surface area contributed by atoms with Gasteiger partial charge < -0.3 is 9.80 Å². The van der Waals surface area contributed by atoms with Crippen LogP contribution in [0.4, 0.5) is 11.5 Å². The van der Waals surface area contributed by atoms with Gasteiger partial charge in [-0.3, -0.25) is 14.9 Å². The minimum Gasteiger partial charge on any atom is -0.352 e. The fourth-order valence-electron chi connectivity index (χ4n) is 5.13. The van der Waals surface area contributed by atoms with Gasteiger partial charge in [0.15, 0.2) is 5.65 Å². The number of anilines is 1. The van der Waals surface area contributed by atoms with Crippen LogP contribution in [0.25, 0.3) is 16.7 Å². The zero-order chi connectivity index (χ0) is 28.5. The quantitative estimate of drug-likeness (QED) is 0.204. The Labute approximate surface area is 241 Å². The highest BCUT2D eigenvalue weighted by Crippen LogP contribution is 2.31. The number of amides is 1. The van der Waals surface area contributed by atoms with Crippen molar-refractivity contribution in [3.8, 4) is 5.69 Å². The van der Waals surface area contributed by atoms with Gasteiger partial charge in [0, 0.05) is 44.2 Å². The molecule has 1 aliphatic heterocycles. The molecule has 41 heavy (non-hydrogen) atoms. The first-order valence-corrected chi connectivity index (χ1v) is 13.6. The molecule has 6 rings (SSSR count). The maximum Gasteiger partial charge on any atom is 0.288 e. The average Bonchev–Trinajstić information content (AvgIpc) is 3.33. The molecule has 1 saturated heterocycles. The number of benzene rings is 3. The van der Waals surface area contributed by atoms with E-state index in [1.807, 2.05) is 60.1 Å². The van der Waals surface area contributed by atoms with Crippen LogP contribution in [0, 0.1) is 17.0 Å². The Hall–Kier alpha value is -4.83. The van der Waals surface area contributed by atoms with E-state index >= 15 is 0 Å². The van der Waals surface area contributed by atoms with Crippen LogP contribution in [-0.4, -0.2) is 61.7 Å². The number of nitrogens with zero attached hydrogens (tertiary/aromatic N) is 7. The topological polar surface area (TPSA) is 110 Å². The van der Waals surface area contributed by atoms with Crippen LogP contribution in [0.1, 0.15) is 27.4 Å². The molecule has 0 saturated carbocycles. The van der Waals surface area contributed by atoms with Gasteiger partial charge in [-0.15, -0.1) is 0 Å². The van der Waals surface area contributed by atoms with Gasteiger partial charge in [0.25, 0.3) is 11.6 Å². The monoisotopic (exact) mass is 567 g/mol. The Bertz CT molecular complexity index is 1750. The number of rotatable bonds is 6. The van der Waals surface area contributed by atoms with Crippen molar-refractivity contribution in [2.24, 2.45) is 0 Å². The van der Waals surface area contributed by atoms with Crippen molar-refractivity contribution in [2.75, 3.05) is 31.1 Å². The first-order valence-electron chi connectivity index (χ1n) is 13.2. The Morgan fingerprint density at radius 2 is 1.63 bits per heavy atom. The maximum atomic E-state index is 13.2. The molecule has 5 aromatic rings. The van der Waals surface area contributed by atoms with Crippen molar-refractivity contribution >= 4 is 40.0 Å². The fourth-order valence-corrected chi connectivity index (χ4v) is 5.32. The van der Waals surface area contributed by atoms with Crippen LogP contribution in [0.2, 0.25) is 5.02 Å². The van der Waals surface area contributed by atoms with E-state index in [9.17, 15) is 14.9 Å². The van der Waals surface area contributed by atoms with Crippen LogP contribution in [0.3, 0.4) is 0 Å². The van der Waals surface area contributed by atoms with Crippen molar-refractivity contribution < 1.29 is 9.72 Å². The standard InChI is InChI=1S/C30H26ClN7O3/c1-20-27-28(35-14-16-36(17-15-35)30(39)22-12-13-24(31)25(19-22)38(40)41)32-26(18-21-8-4-2-5-9-21)33-29(27)37(34-20)23-10-6-3-7-11-23/h2-13,19H,14-18H2,1H3. The largest absolute Gasteiger partial charge is 0.352 e. The van der Waals surface area contributed by atoms with Crippen molar-refractivity contribution in [2.45, 2.75) is 13.3 Å². The summed E-state index contributed by atoms with van der Waals surface area (Å²) in [4.78, 5) is 37.8. The highest BCUT2D eigenvalue weighted by molar-refractivity contribution is 6.32. The van der Waals surface area contributed by atoms with Crippen LogP contribution < -0.4 is 4.90 Å². The number of aromatic nitrogens is 4. The number of aryl methyl sites for hydroxylation is 1. The number of fused-ring (bicyclic) bond motifs is 1. The maximum absolute atomic E-state index is 13.2. The second-order valence-electron chi connectivity index (χ2n) is 9.86. The molecule has 1 aliphatic rings. The molecule has 0 N–H and O–H groups in total. The van der Waals surface area contributed by atoms with E-state index in [1.54, 1.807) is 4.90 Å². The summed E-state index contributed by atoms with van der Waals surface area (Å²) in [7, 11) is 0. The molecule has 3 heterocycles. The smallest absolute Gasteiger partial charge is 0.288 e. The van der Waals surface area contributed by atoms with Gasteiger partial charge in [-0.05, 0) is 36.8 Å². The Balaban J connectivity index is 1.33. The molecule has 2 aromatic heterocycles. The number of nitro groups is 1. The second kappa shape index (κ2) is 11.0. The summed E-state index contributed by atoms with van der Waals surface area (Å²) >= 11 is 5.94. The molecule has 0 bridgehead atoms. The minimum absolute atomic E-state index is 0.00173. The lowest BCUT2D eigenvalue weighted by Gasteiger charge is -2.35. The molecular formula is C30H26ClN7O3. The number of piperazine rings is 1. The van der Waals surface area contributed by atoms with E-state index in [2.05, 4.69) is 17.0 Å². The number of hydrogen-bond donors (Lipinski definition) is 0. The summed E-state index contributed by atoms with van der Waals surface area (Å²) in [5.74, 6) is 1.20. The van der Waals surface area contributed by atoms with Crippen LogP contribution in [0.15, 0.2) is 78.9 Å². The van der Waals surface area contributed by atoms with Gasteiger partial charge in [-0.2, -0.15) is 5.10 Å². The zero-order valence-corrected chi connectivity index (χ0v) is 23.0. The summed E-state index contributed by atoms with van der Waals surface area (Å²) in [6.45, 7) is 3.89. The molecule has 1 amide bonds. The summed E-state index contributed by atoms with van der Waals surface area (Å²) in [6.07, 6.45) is 0.566. The number of carbonyl (C=O) groups excluding carboxylic acids is 1. The Kier molecular flexibility index (Phi) is 7.07. The molecular weight excluding hydrogens is 542 g/mol. The van der Waals surface area contributed by atoms with Crippen molar-refractivity contribution in [3.63, 3.8) is 0 Å². The molecule has 0 unspecified atom stereocenters. The van der Waals surface area contributed by atoms with Gasteiger partial charge in [0.05, 0.1) is 21.7 Å². The van der Waals surface area contributed by atoms with Crippen LogP contribution >= 0.6 is 11.6 Å². The van der Waals surface area contributed by atoms with Crippen molar-refractivity contribution in [3.05, 3.63) is 117 Å². The molecule has 3 aromatic carbocycles. The third kappa shape index (κ3) is 5.21. The summed E-state index contributed by atoms with van der Waals surface area (Å²) in [5.41, 5.74) is 3.52. The SMILES string of the molecule is Cc1nn(-c2ccccc2)c2nc(Cc3ccccc3)nc(N3CCN(C(=O)c4ccc(Cl)c([N+](=O)[O-])c4)CC3)c12. The fraction of sp³-hybridized carbons (Fsp3) is 0.200. The van der Waals surface area contributed by atoms with E-state index in [4.69, 9.17) is 26.7 Å². The lowest BCUT2D eigenvalue weighted by atomic mass is 10.1. The molecule has 0 radical (unpaired) electrons. The van der Waals surface area contributed by atoms with E-state index in [1.165, 1.54) is 18.2 Å². The highest BCUT2D eigenvalue weighted by Gasteiger charge is 2.28. The third-order valence-electron chi connectivity index (χ3n) is 7.19. The van der Waals surface area contributed by atoms with E-state index < -0.39 is 4.92 Å². The normalized spacial score (nSPS) is 13.5. The third-order valence-corrected chi connectivity index (χ3v) is 7.51. The van der Waals surface area contributed by atoms with Crippen molar-refractivity contribution in [1.82, 2.24) is 24.6 Å². The number of nitro benzene ring substituents is 1. The van der Waals surface area contributed by atoms with Gasteiger partial charge >= 0.3 is 0 Å². The van der Waals surface area contributed by atoms with Crippen LogP contribution in [0.5, 0.6) is 0 Å². The average molecular weight is 568 g/mol. The first kappa shape index (κ1) is 26.4. The molecule has 0 spiro atoms. The predicted octanol–water partition coefficient (Wildman–Crippen LogP) is 5.24. The lowest BCUT2D eigenvalue weighted by molar-refractivity contribution is -0.384. The summed E-state index contributed by atoms with van der Waals surface area (Å²) in [5, 5.41) is 17.0. The predicted molar refractivity (Wildman–Crippen MR) is 157 cm³/mol. The van der Waals surface area contributed by atoms with Crippen LogP contribution in [-0.2, 0) is 6.42 Å². The molecule has 0 atom stereocenters. The van der Waals surface area contributed by atoms with E-state index in [0.29, 0.717) is 38.4 Å². The second-order valence-corrected chi connectivity index (χ2v) is 10.3. The van der Waals surface area contributed by atoms with E-state index in [0.717, 1.165) is 33.8 Å². The van der Waals surface area contributed by atoms with Gasteiger partial charge in [0.2, 0.25) is 0 Å². The molecule has 10 nitrogen and oxygen atoms in total. The van der Waals surface area contributed by atoms with Gasteiger partial charge in [-0.1, -0.05) is 60.1 Å². The molecule has 206 valence electrons. The summed E-state index contributed by atoms with van der Waals surface area (Å²) < 4.78 is 1.86. The molecule has 11 heteroatoms. The number of para-hydroxylation sites is 1. The number of hydrogen-bond acceptors (Lipinski definition) is 7. The van der Waals surface area contributed by atoms with E-state index in [-0.39, 0.29) is 22.2 Å². The highest BCUT2D eigenvalue weighted by atomic mass is 35.5. The van der Waals surface area contributed by atoms with Gasteiger partial charge in [0.1, 0.15) is 16.7 Å². The lowest BCUT2D eigenvalue weighted by Crippen LogP contribution is -2.49. The Morgan fingerprint density at radius 3 is 2.32 bits per heavy atom. The van der Waals surface area contributed by atoms with Gasteiger partial charge in [-0.25, -0.2) is 14.6 Å². The number of halogens is 1. The summed E-state index contributed by atoms with van der Waals surface area (Å²) in [6, 6.07) is 24.1. The Morgan fingerprint density at radius 1 is 0.951 bits per heavy atom. The molecule has 1 fully saturated rings. The zero-order valence-electron chi connectivity index (χ0n) is 22.3. The minimum atomic E-state index is -0.581. The number of carbonyl (C=O) groups is 1. The van der Waals surface area contributed by atoms with Crippen molar-refractivity contribution in [1.29, 1.82) is 0 Å². The first-order chi connectivity index (χ1) is 19.9.